The lowest BCUT2D eigenvalue weighted by Gasteiger charge is -2.24. The second-order valence-corrected chi connectivity index (χ2v) is 8.73. The number of hydrogen-bond acceptors (Lipinski definition) is 5. The van der Waals surface area contributed by atoms with Gasteiger partial charge >= 0.3 is 0 Å². The molecular formula is C20H20N4O4S. The summed E-state index contributed by atoms with van der Waals surface area (Å²) in [4.78, 5) is 29.2. The topological polar surface area (TPSA) is 101 Å². The first-order valence-electron chi connectivity index (χ1n) is 9.29. The summed E-state index contributed by atoms with van der Waals surface area (Å²) < 4.78 is 29.1. The first-order chi connectivity index (χ1) is 13.9. The number of nitrogens with one attached hydrogen (secondary N) is 1. The summed E-state index contributed by atoms with van der Waals surface area (Å²) in [6, 6.07) is 12.6. The van der Waals surface area contributed by atoms with E-state index in [1.54, 1.807) is 24.3 Å². The van der Waals surface area contributed by atoms with Gasteiger partial charge in [0.05, 0.1) is 11.4 Å². The molecule has 150 valence electrons. The Morgan fingerprint density at radius 1 is 1.00 bits per heavy atom. The van der Waals surface area contributed by atoms with E-state index in [2.05, 4.69) is 9.71 Å². The van der Waals surface area contributed by atoms with Crippen molar-refractivity contribution in [2.45, 2.75) is 19.3 Å². The Kier molecular flexibility index (Phi) is 5.06. The minimum Gasteiger partial charge on any atom is -0.306 e. The molecule has 4 rings (SSSR count). The molecule has 0 radical (unpaired) electrons. The number of piperidine rings is 1. The number of sulfonamides is 1. The Bertz CT molecular complexity index is 1120. The largest absolute Gasteiger partial charge is 0.306 e. The zero-order valence-corrected chi connectivity index (χ0v) is 16.4. The number of pyridine rings is 1. The molecule has 1 N–H and O–H groups in total. The van der Waals surface area contributed by atoms with Gasteiger partial charge in [-0.25, -0.2) is 13.4 Å². The van der Waals surface area contributed by atoms with Gasteiger partial charge in [0.1, 0.15) is 5.65 Å². The van der Waals surface area contributed by atoms with Crippen LogP contribution in [0.5, 0.6) is 0 Å². The Labute approximate surface area is 168 Å². The van der Waals surface area contributed by atoms with Crippen molar-refractivity contribution in [2.24, 2.45) is 0 Å². The third-order valence-electron chi connectivity index (χ3n) is 4.79. The molecular weight excluding hydrogens is 392 g/mol. The van der Waals surface area contributed by atoms with Crippen LogP contribution in [0, 0.1) is 0 Å². The van der Waals surface area contributed by atoms with E-state index in [0.717, 1.165) is 21.8 Å². The van der Waals surface area contributed by atoms with Crippen molar-refractivity contribution in [1.29, 1.82) is 0 Å². The monoisotopic (exact) mass is 412 g/mol. The van der Waals surface area contributed by atoms with E-state index in [0.29, 0.717) is 12.1 Å². The van der Waals surface area contributed by atoms with Crippen molar-refractivity contribution in [3.63, 3.8) is 0 Å². The highest BCUT2D eigenvalue weighted by molar-refractivity contribution is 7.92. The van der Waals surface area contributed by atoms with Crippen molar-refractivity contribution in [3.8, 4) is 11.3 Å². The molecule has 2 aromatic heterocycles. The first-order valence-corrected chi connectivity index (χ1v) is 10.9. The standard InChI is InChI=1S/C20H20N4O4S/c25-19-5-3-6-20(26)24(19)12-13-29(27,28)22-16-9-7-15(8-10-16)17-14-23-11-2-1-4-18(23)21-17/h1-2,4,7-11,14,22H,3,5-6,12-13H2. The van der Waals surface area contributed by atoms with Crippen LogP contribution in [-0.4, -0.2) is 46.8 Å². The molecule has 0 bridgehead atoms. The molecule has 1 aromatic carbocycles. The maximum absolute atomic E-state index is 12.4. The minimum absolute atomic E-state index is 0.133. The Hall–Kier alpha value is -3.20. The van der Waals surface area contributed by atoms with Gasteiger partial charge in [-0.1, -0.05) is 18.2 Å². The molecule has 1 aliphatic rings. The van der Waals surface area contributed by atoms with Gasteiger partial charge in [0.15, 0.2) is 0 Å². The Balaban J connectivity index is 1.42. The van der Waals surface area contributed by atoms with Gasteiger partial charge in [-0.15, -0.1) is 0 Å². The summed E-state index contributed by atoms with van der Waals surface area (Å²) in [7, 11) is -3.69. The summed E-state index contributed by atoms with van der Waals surface area (Å²) in [6.07, 6.45) is 4.90. The molecule has 0 atom stereocenters. The number of imidazole rings is 1. The summed E-state index contributed by atoms with van der Waals surface area (Å²) in [5.41, 5.74) is 2.89. The number of rotatable bonds is 6. The van der Waals surface area contributed by atoms with Gasteiger partial charge in [-0.05, 0) is 30.7 Å². The van der Waals surface area contributed by atoms with Gasteiger partial charge in [0.25, 0.3) is 0 Å². The normalized spacial score (nSPS) is 15.1. The fourth-order valence-corrected chi connectivity index (χ4v) is 4.29. The van der Waals surface area contributed by atoms with Crippen LogP contribution in [0.15, 0.2) is 54.9 Å². The van der Waals surface area contributed by atoms with Crippen LogP contribution < -0.4 is 4.72 Å². The Morgan fingerprint density at radius 2 is 1.72 bits per heavy atom. The average molecular weight is 412 g/mol. The number of aromatic nitrogens is 2. The van der Waals surface area contributed by atoms with Crippen molar-refractivity contribution in [2.75, 3.05) is 17.0 Å². The zero-order chi connectivity index (χ0) is 20.4. The number of anilines is 1. The molecule has 8 nitrogen and oxygen atoms in total. The molecule has 2 amide bonds. The van der Waals surface area contributed by atoms with Crippen LogP contribution in [-0.2, 0) is 19.6 Å². The van der Waals surface area contributed by atoms with E-state index in [-0.39, 0.29) is 37.0 Å². The number of carbonyl (C=O) groups is 2. The summed E-state index contributed by atoms with van der Waals surface area (Å²) in [5, 5.41) is 0. The van der Waals surface area contributed by atoms with Gasteiger partial charge in [0.2, 0.25) is 21.8 Å². The van der Waals surface area contributed by atoms with Gasteiger partial charge in [0, 0.05) is 43.0 Å². The van der Waals surface area contributed by atoms with Crippen LogP contribution in [0.25, 0.3) is 16.9 Å². The molecule has 1 fully saturated rings. The van der Waals surface area contributed by atoms with Gasteiger partial charge < -0.3 is 4.40 Å². The number of likely N-dealkylation sites (tertiary alicyclic amines) is 1. The molecule has 1 aliphatic heterocycles. The van der Waals surface area contributed by atoms with E-state index in [1.807, 2.05) is 35.0 Å². The quantitative estimate of drug-likeness (QED) is 0.626. The van der Waals surface area contributed by atoms with E-state index in [9.17, 15) is 18.0 Å². The third-order valence-corrected chi connectivity index (χ3v) is 6.05. The van der Waals surface area contributed by atoms with Crippen molar-refractivity contribution < 1.29 is 18.0 Å². The summed E-state index contributed by atoms with van der Waals surface area (Å²) in [5.74, 6) is -0.958. The third kappa shape index (κ3) is 4.29. The predicted molar refractivity (Wildman–Crippen MR) is 109 cm³/mol. The van der Waals surface area contributed by atoms with Gasteiger partial charge in [-0.2, -0.15) is 0 Å². The molecule has 1 saturated heterocycles. The summed E-state index contributed by atoms with van der Waals surface area (Å²) in [6.45, 7) is -0.133. The SMILES string of the molecule is O=C1CCCC(=O)N1CCS(=O)(=O)Nc1ccc(-c2cn3ccccc3n2)cc1. The van der Waals surface area contributed by atoms with Crippen LogP contribution in [0.3, 0.4) is 0 Å². The molecule has 0 aliphatic carbocycles. The lowest BCUT2D eigenvalue weighted by molar-refractivity contribution is -0.147. The molecule has 29 heavy (non-hydrogen) atoms. The van der Waals surface area contributed by atoms with Crippen LogP contribution >= 0.6 is 0 Å². The smallest absolute Gasteiger partial charge is 0.234 e. The fraction of sp³-hybridized carbons (Fsp3) is 0.250. The highest BCUT2D eigenvalue weighted by atomic mass is 32.2. The first kappa shape index (κ1) is 19.1. The number of amides is 2. The number of fused-ring (bicyclic) bond motifs is 1. The number of hydrogen-bond donors (Lipinski definition) is 1. The molecule has 0 spiro atoms. The zero-order valence-electron chi connectivity index (χ0n) is 15.6. The van der Waals surface area contributed by atoms with Gasteiger partial charge in [-0.3, -0.25) is 19.2 Å². The van der Waals surface area contributed by atoms with Crippen LogP contribution in [0.2, 0.25) is 0 Å². The maximum atomic E-state index is 12.4. The van der Waals surface area contributed by atoms with Crippen molar-refractivity contribution in [1.82, 2.24) is 14.3 Å². The number of carbonyl (C=O) groups excluding carboxylic acids is 2. The second-order valence-electron chi connectivity index (χ2n) is 6.88. The average Bonchev–Trinajstić information content (AvgIpc) is 3.12. The van der Waals surface area contributed by atoms with Crippen LogP contribution in [0.4, 0.5) is 5.69 Å². The van der Waals surface area contributed by atoms with E-state index < -0.39 is 10.0 Å². The highest BCUT2D eigenvalue weighted by Gasteiger charge is 2.27. The number of benzene rings is 1. The molecule has 9 heteroatoms. The molecule has 3 heterocycles. The van der Waals surface area contributed by atoms with Crippen molar-refractivity contribution >= 4 is 33.2 Å². The lowest BCUT2D eigenvalue weighted by atomic mass is 10.1. The maximum Gasteiger partial charge on any atom is 0.234 e. The van der Waals surface area contributed by atoms with Crippen LogP contribution in [0.1, 0.15) is 19.3 Å². The fourth-order valence-electron chi connectivity index (χ4n) is 3.27. The number of nitrogens with zero attached hydrogens (tertiary/aromatic N) is 3. The molecule has 0 unspecified atom stereocenters. The second kappa shape index (κ2) is 7.67. The van der Waals surface area contributed by atoms with E-state index in [1.165, 1.54) is 0 Å². The van der Waals surface area contributed by atoms with Crippen molar-refractivity contribution in [3.05, 3.63) is 54.9 Å². The minimum atomic E-state index is -3.69. The summed E-state index contributed by atoms with van der Waals surface area (Å²) >= 11 is 0. The highest BCUT2D eigenvalue weighted by Crippen LogP contribution is 2.22. The van der Waals surface area contributed by atoms with E-state index >= 15 is 0 Å². The Morgan fingerprint density at radius 3 is 2.41 bits per heavy atom. The lowest BCUT2D eigenvalue weighted by Crippen LogP contribution is -2.43. The number of imide groups is 1. The van der Waals surface area contributed by atoms with E-state index in [4.69, 9.17) is 0 Å². The molecule has 0 saturated carbocycles. The predicted octanol–water partition coefficient (Wildman–Crippen LogP) is 2.28. The molecule has 3 aromatic rings.